The Kier molecular flexibility index (Phi) is 2.19. The molecule has 11 heavy (non-hydrogen) atoms. The molecule has 3 nitrogen and oxygen atoms in total. The van der Waals surface area contributed by atoms with Gasteiger partial charge in [0.1, 0.15) is 13.6 Å². The molecule has 0 amide bonds. The summed E-state index contributed by atoms with van der Waals surface area (Å²) in [6.07, 6.45) is 0. The minimum atomic E-state index is -0.486. The van der Waals surface area contributed by atoms with Crippen LogP contribution < -0.4 is 5.46 Å². The molecule has 58 valence electrons. The Labute approximate surface area is 69.0 Å². The Morgan fingerprint density at radius 3 is 2.82 bits per heavy atom. The van der Waals surface area contributed by atoms with E-state index < -0.39 is 5.97 Å². The maximum absolute atomic E-state index is 10.9. The number of aromatic hydroxyl groups is 1. The van der Waals surface area contributed by atoms with E-state index in [2.05, 4.69) is 4.74 Å². The van der Waals surface area contributed by atoms with Gasteiger partial charge in [-0.3, -0.25) is 0 Å². The number of methoxy groups -OCH3 is 1. The van der Waals surface area contributed by atoms with Gasteiger partial charge in [-0.25, -0.2) is 4.79 Å². The van der Waals surface area contributed by atoms with Crippen LogP contribution in [0.5, 0.6) is 5.75 Å². The molecular weight excluding hydrogens is 163 g/mol. The average molecular weight is 170 g/mol. The molecule has 0 aromatic carbocycles. The summed E-state index contributed by atoms with van der Waals surface area (Å²) in [6, 6.07) is 0. The van der Waals surface area contributed by atoms with E-state index in [1.54, 1.807) is 13.2 Å². The van der Waals surface area contributed by atoms with Gasteiger partial charge in [0, 0.05) is 0 Å². The van der Waals surface area contributed by atoms with Crippen molar-refractivity contribution >= 4 is 30.6 Å². The van der Waals surface area contributed by atoms with E-state index in [0.29, 0.717) is 5.46 Å². The summed E-state index contributed by atoms with van der Waals surface area (Å²) in [7, 11) is 3.02. The fourth-order valence-electron chi connectivity index (χ4n) is 0.676. The molecule has 0 fully saturated rings. The highest BCUT2D eigenvalue weighted by Gasteiger charge is 2.14. The number of esters is 1. The van der Waals surface area contributed by atoms with Gasteiger partial charge in [0.25, 0.3) is 0 Å². The van der Waals surface area contributed by atoms with Gasteiger partial charge >= 0.3 is 5.97 Å². The van der Waals surface area contributed by atoms with Crippen LogP contribution in [0.15, 0.2) is 5.38 Å². The Hall–Kier alpha value is -0.965. The van der Waals surface area contributed by atoms with Crippen molar-refractivity contribution < 1.29 is 14.6 Å². The number of hydrogen-bond acceptors (Lipinski definition) is 4. The van der Waals surface area contributed by atoms with Gasteiger partial charge in [-0.05, 0) is 10.8 Å². The lowest BCUT2D eigenvalue weighted by Gasteiger charge is -1.95. The maximum atomic E-state index is 10.9. The SMILES string of the molecule is Bc1csc(C(=O)OC)c1O. The molecule has 0 atom stereocenters. The molecular formula is C6H7BO3S. The first-order chi connectivity index (χ1) is 5.16. The molecule has 0 saturated heterocycles. The fraction of sp³-hybridized carbons (Fsp3) is 0.167. The molecule has 0 spiro atoms. The number of ether oxygens (including phenoxy) is 1. The summed E-state index contributed by atoms with van der Waals surface area (Å²) >= 11 is 1.18. The molecule has 0 aliphatic heterocycles. The second-order valence-corrected chi connectivity index (χ2v) is 2.97. The molecule has 5 heteroatoms. The number of hydrogen-bond donors (Lipinski definition) is 1. The lowest BCUT2D eigenvalue weighted by Crippen LogP contribution is -2.02. The van der Waals surface area contributed by atoms with Crippen LogP contribution in [0.25, 0.3) is 0 Å². The van der Waals surface area contributed by atoms with E-state index in [9.17, 15) is 9.90 Å². The van der Waals surface area contributed by atoms with Gasteiger partial charge in [-0.1, -0.05) is 0 Å². The number of rotatable bonds is 1. The van der Waals surface area contributed by atoms with Crippen LogP contribution in [0.2, 0.25) is 0 Å². The monoisotopic (exact) mass is 170 g/mol. The molecule has 0 radical (unpaired) electrons. The van der Waals surface area contributed by atoms with E-state index in [0.717, 1.165) is 0 Å². The third kappa shape index (κ3) is 1.37. The normalized spacial score (nSPS) is 9.55. The summed E-state index contributed by atoms with van der Waals surface area (Å²) in [5.74, 6) is -0.456. The van der Waals surface area contributed by atoms with E-state index in [-0.39, 0.29) is 10.6 Å². The van der Waals surface area contributed by atoms with Crippen LogP contribution in [-0.2, 0) is 4.74 Å². The maximum Gasteiger partial charge on any atom is 0.351 e. The van der Waals surface area contributed by atoms with Crippen molar-refractivity contribution in [1.29, 1.82) is 0 Å². The molecule has 0 bridgehead atoms. The van der Waals surface area contributed by atoms with Crippen molar-refractivity contribution in [2.24, 2.45) is 0 Å². The second kappa shape index (κ2) is 2.96. The number of carbonyl (C=O) groups is 1. The third-order valence-electron chi connectivity index (χ3n) is 1.31. The average Bonchev–Trinajstić information content (AvgIpc) is 2.32. The summed E-state index contributed by atoms with van der Waals surface area (Å²) in [6.45, 7) is 0. The molecule has 0 aliphatic carbocycles. The van der Waals surface area contributed by atoms with Crippen molar-refractivity contribution in [3.05, 3.63) is 10.3 Å². The van der Waals surface area contributed by atoms with E-state index in [4.69, 9.17) is 0 Å². The molecule has 1 rings (SSSR count). The topological polar surface area (TPSA) is 46.5 Å². The minimum Gasteiger partial charge on any atom is -0.507 e. The Morgan fingerprint density at radius 1 is 1.82 bits per heavy atom. The highest BCUT2D eigenvalue weighted by Crippen LogP contribution is 2.20. The summed E-state index contributed by atoms with van der Waals surface area (Å²) in [5, 5.41) is 11.0. The van der Waals surface area contributed by atoms with Crippen LogP contribution in [0, 0.1) is 0 Å². The molecule has 0 unspecified atom stereocenters. The lowest BCUT2D eigenvalue weighted by atomic mass is 9.99. The highest BCUT2D eigenvalue weighted by molar-refractivity contribution is 7.13. The second-order valence-electron chi connectivity index (χ2n) is 2.09. The Morgan fingerprint density at radius 2 is 2.45 bits per heavy atom. The van der Waals surface area contributed by atoms with Crippen molar-refractivity contribution in [2.75, 3.05) is 7.11 Å². The molecule has 1 N–H and O–H groups in total. The zero-order chi connectivity index (χ0) is 8.43. The lowest BCUT2D eigenvalue weighted by molar-refractivity contribution is 0.0603. The van der Waals surface area contributed by atoms with Crippen LogP contribution >= 0.6 is 11.3 Å². The smallest absolute Gasteiger partial charge is 0.351 e. The standard InChI is InChI=1S/C6H7BO3S/c1-10-6(9)5-4(8)3(7)2-11-5/h2,8H,7H2,1H3. The highest BCUT2D eigenvalue weighted by atomic mass is 32.1. The number of thiophene rings is 1. The predicted molar refractivity (Wildman–Crippen MR) is 45.5 cm³/mol. The van der Waals surface area contributed by atoms with Gasteiger partial charge in [0.05, 0.1) is 7.11 Å². The Bertz CT molecular complexity index is 281. The zero-order valence-corrected chi connectivity index (χ0v) is 7.07. The quantitative estimate of drug-likeness (QED) is 0.456. The molecule has 0 saturated carbocycles. The van der Waals surface area contributed by atoms with Crippen molar-refractivity contribution in [3.63, 3.8) is 0 Å². The van der Waals surface area contributed by atoms with Gasteiger partial charge < -0.3 is 9.84 Å². The third-order valence-corrected chi connectivity index (χ3v) is 2.38. The Balaban J connectivity index is 3.04. The number of carbonyl (C=O) groups excluding carboxylic acids is 1. The zero-order valence-electron chi connectivity index (χ0n) is 6.25. The summed E-state index contributed by atoms with van der Waals surface area (Å²) in [4.78, 5) is 11.1. The van der Waals surface area contributed by atoms with Gasteiger partial charge in [0.15, 0.2) is 4.88 Å². The van der Waals surface area contributed by atoms with Crippen LogP contribution in [0.3, 0.4) is 0 Å². The molecule has 1 heterocycles. The van der Waals surface area contributed by atoms with Crippen LogP contribution in [-0.4, -0.2) is 26.0 Å². The van der Waals surface area contributed by atoms with Crippen LogP contribution in [0.4, 0.5) is 0 Å². The first kappa shape index (κ1) is 8.13. The molecule has 1 aromatic rings. The van der Waals surface area contributed by atoms with E-state index in [1.165, 1.54) is 18.4 Å². The fourth-order valence-corrected chi connectivity index (χ4v) is 1.53. The van der Waals surface area contributed by atoms with E-state index in [1.807, 2.05) is 0 Å². The van der Waals surface area contributed by atoms with Crippen molar-refractivity contribution in [3.8, 4) is 5.75 Å². The van der Waals surface area contributed by atoms with E-state index >= 15 is 0 Å². The van der Waals surface area contributed by atoms with Crippen LogP contribution in [0.1, 0.15) is 9.67 Å². The molecule has 0 aliphatic rings. The predicted octanol–water partition coefficient (Wildman–Crippen LogP) is -0.501. The summed E-state index contributed by atoms with van der Waals surface area (Å²) in [5.41, 5.74) is 0.704. The van der Waals surface area contributed by atoms with Crippen molar-refractivity contribution in [1.82, 2.24) is 0 Å². The largest absolute Gasteiger partial charge is 0.507 e. The molecule has 1 aromatic heterocycles. The first-order valence-corrected chi connectivity index (χ1v) is 3.90. The van der Waals surface area contributed by atoms with Gasteiger partial charge in [-0.15, -0.1) is 11.3 Å². The van der Waals surface area contributed by atoms with Gasteiger partial charge in [0.2, 0.25) is 0 Å². The summed E-state index contributed by atoms with van der Waals surface area (Å²) < 4.78 is 4.44. The van der Waals surface area contributed by atoms with Crippen molar-refractivity contribution in [2.45, 2.75) is 0 Å². The minimum absolute atomic E-state index is 0.0295. The van der Waals surface area contributed by atoms with Gasteiger partial charge in [-0.2, -0.15) is 0 Å². The first-order valence-electron chi connectivity index (χ1n) is 3.02.